The van der Waals surface area contributed by atoms with Crippen LogP contribution in [0.25, 0.3) is 0 Å². The Morgan fingerprint density at radius 2 is 1.74 bits per heavy atom. The molecule has 1 aromatic heterocycles. The van der Waals surface area contributed by atoms with Crippen LogP contribution < -0.4 is 5.46 Å². The molecule has 0 N–H and O–H groups in total. The average molecular weight is 331 g/mol. The van der Waals surface area contributed by atoms with Crippen LogP contribution in [-0.4, -0.2) is 36.4 Å². The Morgan fingerprint density at radius 3 is 2.17 bits per heavy atom. The summed E-state index contributed by atoms with van der Waals surface area (Å²) in [5.41, 5.74) is -2.89. The van der Waals surface area contributed by atoms with Crippen LogP contribution in [0.1, 0.15) is 43.7 Å². The average Bonchev–Trinajstić information content (AvgIpc) is 2.65. The Bertz CT molecular complexity index is 615. The van der Waals surface area contributed by atoms with Gasteiger partial charge in [0.15, 0.2) is 0 Å². The van der Waals surface area contributed by atoms with E-state index in [-0.39, 0.29) is 11.2 Å². The molecule has 126 valence electrons. The number of hydrogen-bond acceptors (Lipinski definition) is 5. The first-order valence-electron chi connectivity index (χ1n) is 6.90. The van der Waals surface area contributed by atoms with Gasteiger partial charge in [-0.2, -0.15) is 13.2 Å². The second-order valence-electron chi connectivity index (χ2n) is 6.24. The molecule has 5 nitrogen and oxygen atoms in total. The quantitative estimate of drug-likeness (QED) is 0.614. The fourth-order valence-corrected chi connectivity index (χ4v) is 2.05. The molecule has 0 radical (unpaired) electrons. The first-order valence-corrected chi connectivity index (χ1v) is 6.90. The third-order valence-corrected chi connectivity index (χ3v) is 4.13. The van der Waals surface area contributed by atoms with Gasteiger partial charge in [0.2, 0.25) is 0 Å². The number of pyridine rings is 1. The van der Waals surface area contributed by atoms with Gasteiger partial charge in [0, 0.05) is 11.7 Å². The van der Waals surface area contributed by atoms with Crippen LogP contribution in [0.15, 0.2) is 12.3 Å². The summed E-state index contributed by atoms with van der Waals surface area (Å²) in [7, 11) is -0.0284. The van der Waals surface area contributed by atoms with E-state index in [1.165, 1.54) is 0 Å². The van der Waals surface area contributed by atoms with Gasteiger partial charge in [0.05, 0.1) is 23.9 Å². The highest BCUT2D eigenvalue weighted by molar-refractivity contribution is 6.63. The summed E-state index contributed by atoms with van der Waals surface area (Å²) in [5, 5.41) is 0. The molecule has 0 aliphatic carbocycles. The van der Waals surface area contributed by atoms with E-state index in [0.717, 1.165) is 13.2 Å². The van der Waals surface area contributed by atoms with E-state index < -0.39 is 36.0 Å². The standard InChI is InChI=1S/C14H17BF3NO4/c1-12(2)13(3,4)23-15(22-12)9-6-8(14(16,17)18)7-19-10(9)11(20)21-5/h6-7H,1-5H3. The normalized spacial score (nSPS) is 19.7. The third kappa shape index (κ3) is 3.21. The maximum absolute atomic E-state index is 12.9. The van der Waals surface area contributed by atoms with Crippen LogP contribution in [0, 0.1) is 0 Å². The van der Waals surface area contributed by atoms with Crippen molar-refractivity contribution in [2.75, 3.05) is 7.11 Å². The minimum absolute atomic E-state index is 0.106. The second kappa shape index (κ2) is 5.49. The summed E-state index contributed by atoms with van der Waals surface area (Å²) in [6.45, 7) is 7.02. The zero-order chi connectivity index (χ0) is 17.6. The van der Waals surface area contributed by atoms with E-state index in [1.807, 2.05) is 0 Å². The van der Waals surface area contributed by atoms with Crippen LogP contribution >= 0.6 is 0 Å². The van der Waals surface area contributed by atoms with Crippen molar-refractivity contribution >= 4 is 18.6 Å². The van der Waals surface area contributed by atoms with E-state index in [9.17, 15) is 18.0 Å². The summed E-state index contributed by atoms with van der Waals surface area (Å²) in [4.78, 5) is 15.4. The molecule has 0 saturated carbocycles. The lowest BCUT2D eigenvalue weighted by Crippen LogP contribution is -2.41. The van der Waals surface area contributed by atoms with Crippen LogP contribution in [0.4, 0.5) is 13.2 Å². The Kier molecular flexibility index (Phi) is 4.23. The summed E-state index contributed by atoms with van der Waals surface area (Å²) in [5.74, 6) is -0.858. The van der Waals surface area contributed by atoms with Crippen molar-refractivity contribution in [2.24, 2.45) is 0 Å². The van der Waals surface area contributed by atoms with Crippen molar-refractivity contribution in [3.8, 4) is 0 Å². The molecule has 1 aliphatic heterocycles. The fourth-order valence-electron chi connectivity index (χ4n) is 2.05. The highest BCUT2D eigenvalue weighted by atomic mass is 19.4. The first kappa shape index (κ1) is 17.7. The van der Waals surface area contributed by atoms with Crippen molar-refractivity contribution in [1.29, 1.82) is 0 Å². The van der Waals surface area contributed by atoms with Crippen molar-refractivity contribution < 1.29 is 32.0 Å². The lowest BCUT2D eigenvalue weighted by molar-refractivity contribution is -0.137. The zero-order valence-corrected chi connectivity index (χ0v) is 13.4. The Morgan fingerprint density at radius 1 is 1.22 bits per heavy atom. The molecule has 23 heavy (non-hydrogen) atoms. The predicted molar refractivity (Wildman–Crippen MR) is 76.3 cm³/mol. The number of halogens is 3. The number of alkyl halides is 3. The molecule has 0 spiro atoms. The molecule has 0 aromatic carbocycles. The van der Waals surface area contributed by atoms with Gasteiger partial charge in [-0.15, -0.1) is 0 Å². The van der Waals surface area contributed by atoms with Crippen LogP contribution in [0.3, 0.4) is 0 Å². The van der Waals surface area contributed by atoms with Gasteiger partial charge in [-0.25, -0.2) is 9.78 Å². The zero-order valence-electron chi connectivity index (χ0n) is 13.4. The molecule has 0 atom stereocenters. The van der Waals surface area contributed by atoms with E-state index in [2.05, 4.69) is 9.72 Å². The van der Waals surface area contributed by atoms with Gasteiger partial charge in [0.25, 0.3) is 0 Å². The number of ether oxygens (including phenoxy) is 1. The number of nitrogens with zero attached hydrogens (tertiary/aromatic N) is 1. The molecule has 0 unspecified atom stereocenters. The summed E-state index contributed by atoms with van der Waals surface area (Å²) < 4.78 is 54.8. The maximum Gasteiger partial charge on any atom is 0.497 e. The number of rotatable bonds is 2. The number of carbonyl (C=O) groups is 1. The smallest absolute Gasteiger partial charge is 0.464 e. The highest BCUT2D eigenvalue weighted by Gasteiger charge is 2.53. The van der Waals surface area contributed by atoms with Crippen molar-refractivity contribution in [3.05, 3.63) is 23.5 Å². The number of hydrogen-bond donors (Lipinski definition) is 0. The molecule has 2 heterocycles. The molecule has 2 rings (SSSR count). The lowest BCUT2D eigenvalue weighted by Gasteiger charge is -2.32. The van der Waals surface area contributed by atoms with Crippen molar-refractivity contribution in [2.45, 2.75) is 45.1 Å². The molecule has 9 heteroatoms. The lowest BCUT2D eigenvalue weighted by atomic mass is 9.77. The monoisotopic (exact) mass is 331 g/mol. The molecule has 1 aromatic rings. The topological polar surface area (TPSA) is 57.7 Å². The fraction of sp³-hybridized carbons (Fsp3) is 0.571. The molecule has 1 aliphatic rings. The van der Waals surface area contributed by atoms with Gasteiger partial charge in [-0.05, 0) is 33.8 Å². The Balaban J connectivity index is 2.53. The van der Waals surface area contributed by atoms with Crippen molar-refractivity contribution in [1.82, 2.24) is 4.98 Å². The van der Waals surface area contributed by atoms with E-state index in [0.29, 0.717) is 6.20 Å². The predicted octanol–water partition coefficient (Wildman–Crippen LogP) is 2.19. The molecule has 1 fully saturated rings. The summed E-state index contributed by atoms with van der Waals surface area (Å²) in [6, 6.07) is 0.807. The number of aromatic nitrogens is 1. The highest BCUT2D eigenvalue weighted by Crippen LogP contribution is 2.37. The van der Waals surface area contributed by atoms with Crippen molar-refractivity contribution in [3.63, 3.8) is 0 Å². The molecular weight excluding hydrogens is 314 g/mol. The van der Waals surface area contributed by atoms with E-state index >= 15 is 0 Å². The first-order chi connectivity index (χ1) is 10.4. The second-order valence-corrected chi connectivity index (χ2v) is 6.24. The summed E-state index contributed by atoms with van der Waals surface area (Å²) >= 11 is 0. The van der Waals surface area contributed by atoms with Gasteiger partial charge in [-0.1, -0.05) is 0 Å². The third-order valence-electron chi connectivity index (χ3n) is 4.13. The Labute approximate surface area is 132 Å². The van der Waals surface area contributed by atoms with Crippen LogP contribution in [0.5, 0.6) is 0 Å². The number of carbonyl (C=O) groups excluding carboxylic acids is 1. The number of methoxy groups -OCH3 is 1. The minimum atomic E-state index is -4.60. The summed E-state index contributed by atoms with van der Waals surface area (Å²) in [6.07, 6.45) is -4.01. The molecule has 0 bridgehead atoms. The molecule has 0 amide bonds. The van der Waals surface area contributed by atoms with E-state index in [4.69, 9.17) is 9.31 Å². The minimum Gasteiger partial charge on any atom is -0.464 e. The van der Waals surface area contributed by atoms with Gasteiger partial charge >= 0.3 is 19.3 Å². The van der Waals surface area contributed by atoms with Gasteiger partial charge < -0.3 is 14.0 Å². The van der Waals surface area contributed by atoms with Gasteiger partial charge in [0.1, 0.15) is 5.69 Å². The van der Waals surface area contributed by atoms with E-state index in [1.54, 1.807) is 27.7 Å². The maximum atomic E-state index is 12.9. The number of esters is 1. The Hall–Kier alpha value is -1.61. The molecular formula is C14H17BF3NO4. The SMILES string of the molecule is COC(=O)c1ncc(C(F)(F)F)cc1B1OC(C)(C)C(C)(C)O1. The van der Waals surface area contributed by atoms with Crippen LogP contribution in [0.2, 0.25) is 0 Å². The van der Waals surface area contributed by atoms with Crippen LogP contribution in [-0.2, 0) is 20.2 Å². The largest absolute Gasteiger partial charge is 0.497 e. The molecule has 1 saturated heterocycles. The van der Waals surface area contributed by atoms with Gasteiger partial charge in [-0.3, -0.25) is 0 Å².